The number of aliphatic hydroxyl groups is 2. The summed E-state index contributed by atoms with van der Waals surface area (Å²) in [6.07, 6.45) is 2.26. The van der Waals surface area contributed by atoms with E-state index >= 15 is 0 Å². The third-order valence-corrected chi connectivity index (χ3v) is 6.81. The molecule has 1 fully saturated rings. The summed E-state index contributed by atoms with van der Waals surface area (Å²) in [7, 11) is 0. The zero-order valence-electron chi connectivity index (χ0n) is 21.6. The van der Waals surface area contributed by atoms with Crippen molar-refractivity contribution in [3.05, 3.63) is 52.7 Å². The van der Waals surface area contributed by atoms with Gasteiger partial charge in [-0.25, -0.2) is 14.3 Å². The summed E-state index contributed by atoms with van der Waals surface area (Å²) in [6, 6.07) is 6.72. The van der Waals surface area contributed by atoms with Gasteiger partial charge >= 0.3 is 11.9 Å². The molecule has 0 saturated heterocycles. The van der Waals surface area contributed by atoms with Crippen molar-refractivity contribution in [1.82, 2.24) is 35.1 Å². The molecule has 14 heteroatoms. The quantitative estimate of drug-likeness (QED) is 0.307. The summed E-state index contributed by atoms with van der Waals surface area (Å²) in [4.78, 5) is 26.4. The maximum absolute atomic E-state index is 9.77. The minimum Gasteiger partial charge on any atom is -0.479 e. The maximum Gasteiger partial charge on any atom is 0.335 e. The summed E-state index contributed by atoms with van der Waals surface area (Å²) in [5.41, 5.74) is 5.87. The first-order valence-corrected chi connectivity index (χ1v) is 12.5. The number of aliphatic hydroxyl groups excluding tert-OH is 2. The number of carboxylic acids is 2. The number of pyridine rings is 1. The summed E-state index contributed by atoms with van der Waals surface area (Å²) in [5.74, 6) is -2.99. The lowest BCUT2D eigenvalue weighted by Crippen LogP contribution is -2.43. The van der Waals surface area contributed by atoms with Crippen LogP contribution < -0.4 is 4.74 Å². The number of carbonyl (C=O) groups is 2. The molecule has 0 bridgehead atoms. The van der Waals surface area contributed by atoms with Crippen LogP contribution in [0.5, 0.6) is 5.88 Å². The number of ether oxygens (including phenoxy) is 1. The zero-order valence-corrected chi connectivity index (χ0v) is 21.6. The van der Waals surface area contributed by atoms with Gasteiger partial charge in [-0.05, 0) is 50.8 Å². The highest BCUT2D eigenvalue weighted by Crippen LogP contribution is 2.29. The van der Waals surface area contributed by atoms with Gasteiger partial charge in [0.15, 0.2) is 12.2 Å². The Balaban J connectivity index is 0.000000303. The molecule has 2 unspecified atom stereocenters. The van der Waals surface area contributed by atoms with Crippen LogP contribution >= 0.6 is 0 Å². The molecule has 0 amide bonds. The molecule has 208 valence electrons. The maximum atomic E-state index is 9.77. The van der Waals surface area contributed by atoms with Gasteiger partial charge in [-0.3, -0.25) is 9.88 Å². The number of aliphatic carboxylic acids is 2. The molecular weight excluding hydrogens is 510 g/mol. The van der Waals surface area contributed by atoms with Crippen molar-refractivity contribution in [2.75, 3.05) is 6.54 Å². The highest BCUT2D eigenvalue weighted by Gasteiger charge is 2.30. The van der Waals surface area contributed by atoms with E-state index in [-0.39, 0.29) is 0 Å². The molecule has 3 aromatic heterocycles. The van der Waals surface area contributed by atoms with E-state index in [0.717, 1.165) is 54.0 Å². The highest BCUT2D eigenvalue weighted by atomic mass is 16.5. The largest absolute Gasteiger partial charge is 0.479 e. The smallest absolute Gasteiger partial charge is 0.335 e. The topological polar surface area (TPSA) is 197 Å². The first-order valence-electron chi connectivity index (χ1n) is 12.5. The normalized spacial score (nSPS) is 16.7. The fourth-order valence-electron chi connectivity index (χ4n) is 4.20. The fraction of sp³-hybridized carbons (Fsp3) is 0.480. The van der Waals surface area contributed by atoms with E-state index in [1.807, 2.05) is 32.0 Å². The zero-order chi connectivity index (χ0) is 28.1. The van der Waals surface area contributed by atoms with Crippen molar-refractivity contribution in [2.45, 2.75) is 70.9 Å². The van der Waals surface area contributed by atoms with Crippen molar-refractivity contribution in [1.29, 1.82) is 0 Å². The Labute approximate surface area is 223 Å². The minimum atomic E-state index is -2.27. The van der Waals surface area contributed by atoms with Crippen LogP contribution in [-0.2, 0) is 29.2 Å². The van der Waals surface area contributed by atoms with E-state index in [1.54, 1.807) is 10.9 Å². The average molecular weight is 542 g/mol. The van der Waals surface area contributed by atoms with Crippen LogP contribution in [-0.4, -0.2) is 92.2 Å². The van der Waals surface area contributed by atoms with Gasteiger partial charge in [-0.2, -0.15) is 5.10 Å². The molecule has 0 aromatic carbocycles. The number of aryl methyl sites for hydroxylation is 2. The molecule has 0 radical (unpaired) electrons. The van der Waals surface area contributed by atoms with Crippen LogP contribution in [0.15, 0.2) is 24.4 Å². The Bertz CT molecular complexity index is 1290. The van der Waals surface area contributed by atoms with Crippen molar-refractivity contribution in [3.63, 3.8) is 0 Å². The number of carboxylic acid groups (broad SMARTS) is 2. The molecule has 0 spiro atoms. The van der Waals surface area contributed by atoms with Gasteiger partial charge in [0.1, 0.15) is 12.3 Å². The van der Waals surface area contributed by atoms with Crippen LogP contribution in [0.3, 0.4) is 0 Å². The van der Waals surface area contributed by atoms with E-state index < -0.39 is 24.1 Å². The number of hydrogen-bond acceptors (Lipinski definition) is 11. The molecule has 5 rings (SSSR count). The van der Waals surface area contributed by atoms with Gasteiger partial charge in [-0.1, -0.05) is 11.6 Å². The summed E-state index contributed by atoms with van der Waals surface area (Å²) < 4.78 is 7.75. The van der Waals surface area contributed by atoms with Crippen molar-refractivity contribution in [3.8, 4) is 11.6 Å². The molecule has 39 heavy (non-hydrogen) atoms. The predicted octanol–water partition coefficient (Wildman–Crippen LogP) is 0.436. The number of fused-ring (bicyclic) bond motifs is 1. The van der Waals surface area contributed by atoms with Crippen LogP contribution in [0.2, 0.25) is 0 Å². The van der Waals surface area contributed by atoms with E-state index in [0.29, 0.717) is 12.5 Å². The lowest BCUT2D eigenvalue weighted by molar-refractivity contribution is -0.165. The summed E-state index contributed by atoms with van der Waals surface area (Å²) in [6.45, 7) is 6.22. The van der Waals surface area contributed by atoms with Crippen molar-refractivity contribution < 1.29 is 34.8 Å². The minimum absolute atomic E-state index is 0.328. The standard InChI is InChI=1S/C21H25N7O.C4H6O6/c1-14-6-7-18(11-22-14)28-20(15(2)23-26-28)13-29-21-10-16-8-9-27(17-4-3-5-17)12-19(16)24-25-21;5-1(3(7)8)2(6)4(9)10/h6-7,10-11,17H,3-5,8-9,12-13H2,1-2H3;1-2,5-6H,(H,7,8)(H,9,10). The SMILES string of the molecule is Cc1ccc(-n2nnc(C)c2COc2cc3c(nn2)CN(C2CCC2)CC3)cn1.O=C(O)C(O)C(O)C(=O)O. The predicted molar refractivity (Wildman–Crippen MR) is 134 cm³/mol. The lowest BCUT2D eigenvalue weighted by atomic mass is 9.89. The molecule has 1 saturated carbocycles. The fourth-order valence-corrected chi connectivity index (χ4v) is 4.20. The van der Waals surface area contributed by atoms with Gasteiger partial charge in [0.05, 0.1) is 23.3 Å². The van der Waals surface area contributed by atoms with E-state index in [2.05, 4.69) is 30.4 Å². The lowest BCUT2D eigenvalue weighted by Gasteiger charge is -2.39. The Morgan fingerprint density at radius 2 is 1.79 bits per heavy atom. The molecule has 2 aliphatic rings. The number of hydrogen-bond donors (Lipinski definition) is 4. The van der Waals surface area contributed by atoms with Gasteiger partial charge in [0.25, 0.3) is 0 Å². The molecule has 4 heterocycles. The van der Waals surface area contributed by atoms with Crippen LogP contribution in [0.1, 0.15) is 47.6 Å². The highest BCUT2D eigenvalue weighted by molar-refractivity contribution is 5.83. The summed E-state index contributed by atoms with van der Waals surface area (Å²) >= 11 is 0. The van der Waals surface area contributed by atoms with Crippen LogP contribution in [0.4, 0.5) is 0 Å². The molecule has 1 aliphatic heterocycles. The van der Waals surface area contributed by atoms with E-state index in [9.17, 15) is 9.59 Å². The first-order chi connectivity index (χ1) is 18.6. The third kappa shape index (κ3) is 6.71. The molecule has 14 nitrogen and oxygen atoms in total. The Kier molecular flexibility index (Phi) is 8.79. The van der Waals surface area contributed by atoms with Gasteiger partial charge in [0.2, 0.25) is 5.88 Å². The molecular formula is C25H31N7O7. The molecule has 4 N–H and O–H groups in total. The average Bonchev–Trinajstić information content (AvgIpc) is 3.26. The molecule has 1 aliphatic carbocycles. The van der Waals surface area contributed by atoms with Gasteiger partial charge < -0.3 is 25.2 Å². The van der Waals surface area contributed by atoms with Crippen molar-refractivity contribution in [2.24, 2.45) is 0 Å². The molecule has 3 aromatic rings. The number of nitrogens with zero attached hydrogens (tertiary/aromatic N) is 7. The second-order valence-corrected chi connectivity index (χ2v) is 9.51. The Morgan fingerprint density at radius 1 is 1.08 bits per heavy atom. The van der Waals surface area contributed by atoms with Gasteiger partial charge in [-0.15, -0.1) is 10.2 Å². The van der Waals surface area contributed by atoms with Crippen LogP contribution in [0.25, 0.3) is 5.69 Å². The number of rotatable bonds is 8. The first kappa shape index (κ1) is 28.0. The van der Waals surface area contributed by atoms with Gasteiger partial charge in [0, 0.05) is 30.9 Å². The summed E-state index contributed by atoms with van der Waals surface area (Å²) in [5, 5.41) is 49.7. The second kappa shape index (κ2) is 12.2. The molecule has 2 atom stereocenters. The Morgan fingerprint density at radius 3 is 2.38 bits per heavy atom. The van der Waals surface area contributed by atoms with E-state index in [4.69, 9.17) is 25.2 Å². The second-order valence-electron chi connectivity index (χ2n) is 9.51. The Hall–Kier alpha value is -4.01. The van der Waals surface area contributed by atoms with Crippen molar-refractivity contribution >= 4 is 11.9 Å². The number of aromatic nitrogens is 6. The van der Waals surface area contributed by atoms with E-state index in [1.165, 1.54) is 24.8 Å². The third-order valence-electron chi connectivity index (χ3n) is 6.81. The monoisotopic (exact) mass is 541 g/mol. The van der Waals surface area contributed by atoms with Crippen LogP contribution in [0, 0.1) is 13.8 Å².